The van der Waals surface area contributed by atoms with Gasteiger partial charge in [-0.3, -0.25) is 9.56 Å². The van der Waals surface area contributed by atoms with Gasteiger partial charge in [-0.1, -0.05) is 37.6 Å². The normalized spacial score (nSPS) is 11.7. The third-order valence-corrected chi connectivity index (χ3v) is 5.64. The van der Waals surface area contributed by atoms with Gasteiger partial charge in [0.2, 0.25) is 0 Å². The van der Waals surface area contributed by atoms with Crippen molar-refractivity contribution in [2.75, 3.05) is 0 Å². The van der Waals surface area contributed by atoms with Crippen molar-refractivity contribution in [3.8, 4) is 5.00 Å². The Balaban J connectivity index is 0.000000449. The predicted octanol–water partition coefficient (Wildman–Crippen LogP) is 5.88. The van der Waals surface area contributed by atoms with Crippen molar-refractivity contribution >= 4 is 34.4 Å². The molecule has 1 aliphatic rings. The van der Waals surface area contributed by atoms with Gasteiger partial charge in [-0.2, -0.15) is 0 Å². The molecule has 0 N–H and O–H groups in total. The van der Waals surface area contributed by atoms with E-state index in [2.05, 4.69) is 28.6 Å². The van der Waals surface area contributed by atoms with Crippen LogP contribution in [0.5, 0.6) is 0 Å². The molecular weight excluding hydrogens is 404 g/mol. The minimum atomic E-state index is 0.167. The van der Waals surface area contributed by atoms with Crippen LogP contribution in [0.2, 0.25) is 5.02 Å². The Morgan fingerprint density at radius 2 is 1.66 bits per heavy atom. The first-order chi connectivity index (χ1) is 13.8. The van der Waals surface area contributed by atoms with Crippen LogP contribution < -0.4 is 0 Å². The number of thiophene rings is 1. The van der Waals surface area contributed by atoms with Gasteiger partial charge in [0.15, 0.2) is 5.82 Å². The zero-order chi connectivity index (χ0) is 21.7. The number of carbonyl (C=O) groups excluding carboxylic acids is 1. The van der Waals surface area contributed by atoms with E-state index in [1.807, 2.05) is 45.0 Å². The van der Waals surface area contributed by atoms with Crippen LogP contribution in [0, 0.1) is 20.8 Å². The Labute approximate surface area is 181 Å². The van der Waals surface area contributed by atoms with E-state index in [1.54, 1.807) is 11.3 Å². The lowest BCUT2D eigenvalue weighted by Crippen LogP contribution is -2.07. The fourth-order valence-electron chi connectivity index (χ4n) is 2.89. The van der Waals surface area contributed by atoms with Crippen LogP contribution in [-0.2, 0) is 11.3 Å². The maximum atomic E-state index is 9.44. The minimum Gasteiger partial charge on any atom is -0.300 e. The summed E-state index contributed by atoms with van der Waals surface area (Å²) in [5, 5.41) is 10.4. The van der Waals surface area contributed by atoms with E-state index in [9.17, 15) is 4.79 Å². The highest BCUT2D eigenvalue weighted by atomic mass is 35.5. The first-order valence-corrected chi connectivity index (χ1v) is 10.8. The highest BCUT2D eigenvalue weighted by molar-refractivity contribution is 7.15. The van der Waals surface area contributed by atoms with Crippen molar-refractivity contribution in [2.45, 2.75) is 55.0 Å². The van der Waals surface area contributed by atoms with E-state index in [0.29, 0.717) is 6.54 Å². The number of Topliss-reactive ketones (excluding diaryl/α,β-unsaturated/α-hetero) is 1. The molecule has 3 aromatic rings. The lowest BCUT2D eigenvalue weighted by Gasteiger charge is -2.09. The van der Waals surface area contributed by atoms with Gasteiger partial charge in [-0.25, -0.2) is 0 Å². The number of carbonyl (C=O) groups is 1. The number of aromatic nitrogens is 3. The molecule has 4 rings (SSSR count). The summed E-state index contributed by atoms with van der Waals surface area (Å²) in [7, 11) is 0. The standard InChI is InChI=1S/C17H15ClN4S.C3H6O.C2H6/c1-9-10(2)23-17-15(9)16(12-4-6-13(18)7-5-12)19-8-14-21-20-11(3)22(14)17;1-3(2)4;1-2/h4-7H,8H2,1-3H3;1-2H3;1-2H3. The number of fused-ring (bicyclic) bond motifs is 3. The largest absolute Gasteiger partial charge is 0.300 e. The number of aliphatic imine (C=N–C) groups is 1. The number of hydrogen-bond acceptors (Lipinski definition) is 5. The SMILES string of the molecule is CC.CC(C)=O.Cc1sc2c(c1C)C(c1ccc(Cl)cc1)=NCc1nnc(C)n1-2. The zero-order valence-electron chi connectivity index (χ0n) is 18.0. The molecule has 29 heavy (non-hydrogen) atoms. The van der Waals surface area contributed by atoms with Gasteiger partial charge in [0, 0.05) is 21.0 Å². The Bertz CT molecular complexity index is 1030. The first kappa shape index (κ1) is 23.0. The van der Waals surface area contributed by atoms with Crippen molar-refractivity contribution in [2.24, 2.45) is 4.99 Å². The van der Waals surface area contributed by atoms with Crippen LogP contribution in [0.3, 0.4) is 0 Å². The summed E-state index contributed by atoms with van der Waals surface area (Å²) in [5.74, 6) is 1.95. The van der Waals surface area contributed by atoms with Crippen molar-refractivity contribution in [1.82, 2.24) is 14.8 Å². The van der Waals surface area contributed by atoms with E-state index < -0.39 is 0 Å². The van der Waals surface area contributed by atoms with E-state index >= 15 is 0 Å². The molecule has 0 spiro atoms. The molecule has 2 aromatic heterocycles. The molecule has 7 heteroatoms. The minimum absolute atomic E-state index is 0.167. The van der Waals surface area contributed by atoms with E-state index in [1.165, 1.54) is 29.9 Å². The molecule has 0 saturated heterocycles. The number of hydrogen-bond donors (Lipinski definition) is 0. The molecule has 1 aliphatic heterocycles. The molecule has 1 aromatic carbocycles. The predicted molar refractivity (Wildman–Crippen MR) is 122 cm³/mol. The summed E-state index contributed by atoms with van der Waals surface area (Å²) < 4.78 is 2.13. The van der Waals surface area contributed by atoms with Crippen molar-refractivity contribution in [3.05, 3.63) is 62.5 Å². The molecule has 0 unspecified atom stereocenters. The molecule has 0 bridgehead atoms. The monoisotopic (exact) mass is 430 g/mol. The Morgan fingerprint density at radius 1 is 1.07 bits per heavy atom. The molecule has 5 nitrogen and oxygen atoms in total. The topological polar surface area (TPSA) is 60.1 Å². The van der Waals surface area contributed by atoms with E-state index in [0.717, 1.165) is 32.9 Å². The first-order valence-electron chi connectivity index (χ1n) is 9.58. The quantitative estimate of drug-likeness (QED) is 0.484. The molecule has 0 aliphatic carbocycles. The van der Waals surface area contributed by atoms with E-state index in [4.69, 9.17) is 16.6 Å². The van der Waals surface area contributed by atoms with Gasteiger partial charge in [0.25, 0.3) is 0 Å². The second kappa shape index (κ2) is 9.94. The van der Waals surface area contributed by atoms with Crippen LogP contribution in [0.25, 0.3) is 5.00 Å². The van der Waals surface area contributed by atoms with Crippen molar-refractivity contribution in [3.63, 3.8) is 0 Å². The number of rotatable bonds is 1. The smallest absolute Gasteiger partial charge is 0.160 e. The summed E-state index contributed by atoms with van der Waals surface area (Å²) in [5.41, 5.74) is 4.52. The maximum absolute atomic E-state index is 9.44. The van der Waals surface area contributed by atoms with Gasteiger partial charge in [0.1, 0.15) is 23.2 Å². The molecule has 0 amide bonds. The van der Waals surface area contributed by atoms with Crippen LogP contribution in [0.4, 0.5) is 0 Å². The van der Waals surface area contributed by atoms with E-state index in [-0.39, 0.29) is 5.78 Å². The Hall–Kier alpha value is -2.31. The summed E-state index contributed by atoms with van der Waals surface area (Å²) in [6, 6.07) is 7.86. The second-order valence-corrected chi connectivity index (χ2v) is 8.18. The van der Waals surface area contributed by atoms with Crippen LogP contribution in [0.1, 0.15) is 60.9 Å². The molecular formula is C22H27ClN4OS. The maximum Gasteiger partial charge on any atom is 0.160 e. The highest BCUT2D eigenvalue weighted by Crippen LogP contribution is 2.36. The Morgan fingerprint density at radius 3 is 2.24 bits per heavy atom. The van der Waals surface area contributed by atoms with Gasteiger partial charge in [-0.15, -0.1) is 21.5 Å². The summed E-state index contributed by atoms with van der Waals surface area (Å²) in [6.07, 6.45) is 0. The number of ketones is 1. The summed E-state index contributed by atoms with van der Waals surface area (Å²) >= 11 is 7.80. The Kier molecular flexibility index (Phi) is 7.88. The third kappa shape index (κ3) is 5.00. The van der Waals surface area contributed by atoms with Gasteiger partial charge >= 0.3 is 0 Å². The average Bonchev–Trinajstić information content (AvgIpc) is 3.12. The molecule has 3 heterocycles. The van der Waals surface area contributed by atoms with Crippen LogP contribution >= 0.6 is 22.9 Å². The summed E-state index contributed by atoms with van der Waals surface area (Å²) in [6.45, 7) is 13.9. The number of nitrogens with zero attached hydrogens (tertiary/aromatic N) is 4. The number of halogens is 1. The van der Waals surface area contributed by atoms with Gasteiger partial charge < -0.3 is 4.79 Å². The van der Waals surface area contributed by atoms with Crippen molar-refractivity contribution < 1.29 is 4.79 Å². The molecule has 0 saturated carbocycles. The molecule has 0 radical (unpaired) electrons. The molecule has 0 atom stereocenters. The van der Waals surface area contributed by atoms with Gasteiger partial charge in [0.05, 0.1) is 5.71 Å². The fourth-order valence-corrected chi connectivity index (χ4v) is 4.24. The molecule has 154 valence electrons. The number of aryl methyl sites for hydroxylation is 2. The average molecular weight is 431 g/mol. The summed E-state index contributed by atoms with van der Waals surface area (Å²) in [4.78, 5) is 15.6. The molecule has 0 fully saturated rings. The van der Waals surface area contributed by atoms with Crippen molar-refractivity contribution in [1.29, 1.82) is 0 Å². The zero-order valence-corrected chi connectivity index (χ0v) is 19.6. The van der Waals surface area contributed by atoms with Gasteiger partial charge in [-0.05, 0) is 52.3 Å². The lowest BCUT2D eigenvalue weighted by atomic mass is 10.00. The van der Waals surface area contributed by atoms with Crippen LogP contribution in [0.15, 0.2) is 29.3 Å². The highest BCUT2D eigenvalue weighted by Gasteiger charge is 2.26. The van der Waals surface area contributed by atoms with Crippen LogP contribution in [-0.4, -0.2) is 26.3 Å². The second-order valence-electron chi connectivity index (χ2n) is 6.54. The number of benzene rings is 1. The third-order valence-electron chi connectivity index (χ3n) is 4.19. The lowest BCUT2D eigenvalue weighted by molar-refractivity contribution is -0.114. The fraction of sp³-hybridized carbons (Fsp3) is 0.364.